The first-order valence-corrected chi connectivity index (χ1v) is 8.90. The van der Waals surface area contributed by atoms with Gasteiger partial charge >= 0.3 is 0 Å². The lowest BCUT2D eigenvalue weighted by Crippen LogP contribution is -2.33. The third-order valence-corrected chi connectivity index (χ3v) is 4.56. The molecule has 4 rings (SSSR count). The van der Waals surface area contributed by atoms with Crippen molar-refractivity contribution in [2.24, 2.45) is 5.73 Å². The van der Waals surface area contributed by atoms with Gasteiger partial charge in [-0.05, 0) is 55.2 Å². The maximum atomic E-state index is 13.2. The summed E-state index contributed by atoms with van der Waals surface area (Å²) in [6.45, 7) is 1.69. The Morgan fingerprint density at radius 2 is 1.85 bits per heavy atom. The van der Waals surface area contributed by atoms with E-state index in [2.05, 4.69) is 20.6 Å². The van der Waals surface area contributed by atoms with Crippen molar-refractivity contribution in [3.05, 3.63) is 48.3 Å². The van der Waals surface area contributed by atoms with Crippen LogP contribution in [0.25, 0.3) is 22.0 Å². The van der Waals surface area contributed by atoms with Gasteiger partial charge in [-0.15, -0.1) is 0 Å². The summed E-state index contributed by atoms with van der Waals surface area (Å²) in [7, 11) is 0. The molecule has 0 aliphatic heterocycles. The summed E-state index contributed by atoms with van der Waals surface area (Å²) in [5.41, 5.74) is 7.93. The number of carbonyl (C=O) groups is 1. The number of hydrogen-bond acceptors (Lipinski definition) is 5. The molecule has 1 amide bonds. The molecule has 27 heavy (non-hydrogen) atoms. The number of fused-ring (bicyclic) bond motifs is 1. The summed E-state index contributed by atoms with van der Waals surface area (Å²) in [6.07, 6.45) is 2.21. The standard InChI is InChI=1S/C20H20FN5O/c1-11(18(22)27)23-19-16-10-13(12-2-5-14(21)6-3-12)4-9-17(16)25-20(26-19)24-15-7-8-15/h2-6,9-11,15H,7-8H2,1H3,(H2,22,27)(H2,23,24,25,26). The third kappa shape index (κ3) is 3.81. The molecule has 0 saturated heterocycles. The Balaban J connectivity index is 1.79. The second-order valence-corrected chi connectivity index (χ2v) is 6.82. The number of rotatable bonds is 6. The van der Waals surface area contributed by atoms with E-state index >= 15 is 0 Å². The van der Waals surface area contributed by atoms with Crippen LogP contribution in [-0.4, -0.2) is 28.0 Å². The predicted octanol–water partition coefficient (Wildman–Crippen LogP) is 3.30. The highest BCUT2D eigenvalue weighted by atomic mass is 19.1. The van der Waals surface area contributed by atoms with Gasteiger partial charge in [0.1, 0.15) is 17.7 Å². The van der Waals surface area contributed by atoms with E-state index in [0.29, 0.717) is 17.8 Å². The molecule has 1 saturated carbocycles. The highest BCUT2D eigenvalue weighted by Gasteiger charge is 2.23. The van der Waals surface area contributed by atoms with Gasteiger partial charge in [-0.3, -0.25) is 4.79 Å². The summed E-state index contributed by atoms with van der Waals surface area (Å²) in [4.78, 5) is 20.6. The minimum absolute atomic E-state index is 0.281. The number of halogens is 1. The number of hydrogen-bond donors (Lipinski definition) is 3. The van der Waals surface area contributed by atoms with Crippen molar-refractivity contribution >= 4 is 28.6 Å². The second-order valence-electron chi connectivity index (χ2n) is 6.82. The average molecular weight is 365 g/mol. The Morgan fingerprint density at radius 1 is 1.15 bits per heavy atom. The SMILES string of the molecule is CC(Nc1nc(NC2CC2)nc2ccc(-c3ccc(F)cc3)cc12)C(N)=O. The van der Waals surface area contributed by atoms with E-state index in [1.807, 2.05) is 18.2 Å². The van der Waals surface area contributed by atoms with Gasteiger partial charge in [0.15, 0.2) is 0 Å². The van der Waals surface area contributed by atoms with Crippen LogP contribution in [0.1, 0.15) is 19.8 Å². The lowest BCUT2D eigenvalue weighted by atomic mass is 10.0. The van der Waals surface area contributed by atoms with Crippen LogP contribution in [0.5, 0.6) is 0 Å². The largest absolute Gasteiger partial charge is 0.368 e. The van der Waals surface area contributed by atoms with E-state index < -0.39 is 11.9 Å². The molecule has 138 valence electrons. The van der Waals surface area contributed by atoms with E-state index in [9.17, 15) is 9.18 Å². The van der Waals surface area contributed by atoms with Gasteiger partial charge in [0, 0.05) is 11.4 Å². The van der Waals surface area contributed by atoms with Crippen LogP contribution in [-0.2, 0) is 4.79 Å². The quantitative estimate of drug-likeness (QED) is 0.623. The average Bonchev–Trinajstić information content (AvgIpc) is 3.46. The summed E-state index contributed by atoms with van der Waals surface area (Å²) >= 11 is 0. The van der Waals surface area contributed by atoms with Crippen molar-refractivity contribution in [3.8, 4) is 11.1 Å². The van der Waals surface area contributed by atoms with Crippen LogP contribution >= 0.6 is 0 Å². The summed E-state index contributed by atoms with van der Waals surface area (Å²) in [5, 5.41) is 7.13. The number of aromatic nitrogens is 2. The van der Waals surface area contributed by atoms with Crippen molar-refractivity contribution in [1.29, 1.82) is 0 Å². The van der Waals surface area contributed by atoms with Crippen molar-refractivity contribution in [3.63, 3.8) is 0 Å². The lowest BCUT2D eigenvalue weighted by molar-refractivity contribution is -0.118. The van der Waals surface area contributed by atoms with Gasteiger partial charge in [0.25, 0.3) is 0 Å². The monoisotopic (exact) mass is 365 g/mol. The molecular formula is C20H20FN5O. The number of nitrogens with zero attached hydrogens (tertiary/aromatic N) is 2. The van der Waals surface area contributed by atoms with Gasteiger partial charge in [0.2, 0.25) is 11.9 Å². The van der Waals surface area contributed by atoms with E-state index in [4.69, 9.17) is 5.73 Å². The topological polar surface area (TPSA) is 92.9 Å². The number of carbonyl (C=O) groups excluding carboxylic acids is 1. The van der Waals surface area contributed by atoms with Gasteiger partial charge in [0.05, 0.1) is 5.52 Å². The Hall–Kier alpha value is -3.22. The van der Waals surface area contributed by atoms with E-state index in [0.717, 1.165) is 34.9 Å². The fourth-order valence-electron chi connectivity index (χ4n) is 2.81. The van der Waals surface area contributed by atoms with Gasteiger partial charge in [-0.1, -0.05) is 18.2 Å². The zero-order valence-electron chi connectivity index (χ0n) is 14.9. The van der Waals surface area contributed by atoms with E-state index in [1.54, 1.807) is 19.1 Å². The smallest absolute Gasteiger partial charge is 0.239 e. The predicted molar refractivity (Wildman–Crippen MR) is 104 cm³/mol. The molecule has 1 aliphatic rings. The first-order chi connectivity index (χ1) is 13.0. The number of nitrogens with one attached hydrogen (secondary N) is 2. The van der Waals surface area contributed by atoms with Crippen molar-refractivity contribution in [2.45, 2.75) is 31.8 Å². The van der Waals surface area contributed by atoms with Crippen molar-refractivity contribution < 1.29 is 9.18 Å². The van der Waals surface area contributed by atoms with Gasteiger partial charge < -0.3 is 16.4 Å². The molecule has 1 atom stereocenters. The molecule has 0 spiro atoms. The highest BCUT2D eigenvalue weighted by Crippen LogP contribution is 2.30. The number of nitrogens with two attached hydrogens (primary N) is 1. The van der Waals surface area contributed by atoms with Crippen LogP contribution < -0.4 is 16.4 Å². The van der Waals surface area contributed by atoms with Crippen LogP contribution in [0.2, 0.25) is 0 Å². The summed E-state index contributed by atoms with van der Waals surface area (Å²) < 4.78 is 13.2. The number of primary amides is 1. The zero-order valence-corrected chi connectivity index (χ0v) is 14.9. The Labute approximate surface area is 156 Å². The van der Waals surface area contributed by atoms with Crippen molar-refractivity contribution in [1.82, 2.24) is 9.97 Å². The third-order valence-electron chi connectivity index (χ3n) is 4.56. The fraction of sp³-hybridized carbons (Fsp3) is 0.250. The molecule has 7 heteroatoms. The normalized spacial score (nSPS) is 14.7. The summed E-state index contributed by atoms with van der Waals surface area (Å²) in [5.74, 6) is 0.321. The Morgan fingerprint density at radius 3 is 2.52 bits per heavy atom. The Bertz CT molecular complexity index is 1000. The number of amides is 1. The fourth-order valence-corrected chi connectivity index (χ4v) is 2.81. The number of anilines is 2. The highest BCUT2D eigenvalue weighted by molar-refractivity contribution is 5.95. The first-order valence-electron chi connectivity index (χ1n) is 8.90. The Kier molecular flexibility index (Phi) is 4.35. The van der Waals surface area contributed by atoms with E-state index in [-0.39, 0.29) is 5.82 Å². The van der Waals surface area contributed by atoms with Crippen LogP contribution in [0, 0.1) is 5.82 Å². The van der Waals surface area contributed by atoms with Crippen LogP contribution in [0.3, 0.4) is 0 Å². The molecule has 2 aromatic carbocycles. The van der Waals surface area contributed by atoms with Gasteiger partial charge in [-0.25, -0.2) is 9.37 Å². The number of benzene rings is 2. The molecule has 1 fully saturated rings. The lowest BCUT2D eigenvalue weighted by Gasteiger charge is -2.15. The minimum atomic E-state index is -0.577. The molecule has 1 aromatic heterocycles. The molecule has 4 N–H and O–H groups in total. The maximum Gasteiger partial charge on any atom is 0.239 e. The molecule has 1 unspecified atom stereocenters. The van der Waals surface area contributed by atoms with Crippen molar-refractivity contribution in [2.75, 3.05) is 10.6 Å². The molecule has 1 heterocycles. The molecule has 1 aliphatic carbocycles. The molecule has 0 bridgehead atoms. The van der Waals surface area contributed by atoms with Crippen LogP contribution in [0.4, 0.5) is 16.2 Å². The molecule has 6 nitrogen and oxygen atoms in total. The maximum absolute atomic E-state index is 13.2. The van der Waals surface area contributed by atoms with Gasteiger partial charge in [-0.2, -0.15) is 4.98 Å². The molecular weight excluding hydrogens is 345 g/mol. The first kappa shape index (κ1) is 17.2. The molecule has 0 radical (unpaired) electrons. The summed E-state index contributed by atoms with van der Waals surface area (Å²) in [6, 6.07) is 11.9. The minimum Gasteiger partial charge on any atom is -0.368 e. The zero-order chi connectivity index (χ0) is 19.0. The van der Waals surface area contributed by atoms with Crippen LogP contribution in [0.15, 0.2) is 42.5 Å². The van der Waals surface area contributed by atoms with E-state index in [1.165, 1.54) is 12.1 Å². The molecule has 3 aromatic rings. The second kappa shape index (κ2) is 6.83.